The van der Waals surface area contributed by atoms with Crippen molar-refractivity contribution in [2.24, 2.45) is 5.92 Å². The molecular weight excluding hydrogens is 312 g/mol. The van der Waals surface area contributed by atoms with Gasteiger partial charge in [0.1, 0.15) is 5.82 Å². The molecule has 0 spiro atoms. The fraction of sp³-hybridized carbons (Fsp3) is 0.357. The number of anilines is 1. The molecule has 2 nitrogen and oxygen atoms in total. The minimum atomic E-state index is 0.381. The van der Waals surface area contributed by atoms with Gasteiger partial charge in [-0.25, -0.2) is 4.98 Å². The minimum absolute atomic E-state index is 0.381. The number of benzene rings is 1. The van der Waals surface area contributed by atoms with Crippen molar-refractivity contribution in [1.82, 2.24) is 4.98 Å². The van der Waals surface area contributed by atoms with E-state index < -0.39 is 0 Å². The molecule has 2 aromatic rings. The van der Waals surface area contributed by atoms with Gasteiger partial charge in [-0.2, -0.15) is 0 Å². The summed E-state index contributed by atoms with van der Waals surface area (Å²) in [6.45, 7) is 0.960. The molecule has 0 bridgehead atoms. The molecule has 3 rings (SSSR count). The summed E-state index contributed by atoms with van der Waals surface area (Å²) in [5.41, 5.74) is 0. The van der Waals surface area contributed by atoms with Gasteiger partial charge in [0.25, 0.3) is 0 Å². The molecule has 1 aromatic heterocycles. The van der Waals surface area contributed by atoms with Crippen LogP contribution in [0.4, 0.5) is 5.82 Å². The third-order valence-corrected chi connectivity index (χ3v) is 4.54. The average molecular weight is 326 g/mol. The fourth-order valence-corrected chi connectivity index (χ4v) is 3.37. The fourth-order valence-electron chi connectivity index (χ4n) is 2.37. The van der Waals surface area contributed by atoms with E-state index in [0.717, 1.165) is 35.1 Å². The van der Waals surface area contributed by atoms with Crippen molar-refractivity contribution < 1.29 is 0 Å². The normalized spacial score (nSPS) is 22.8. The van der Waals surface area contributed by atoms with E-state index in [2.05, 4.69) is 38.4 Å². The Hall–Kier alpha value is -0.800. The van der Waals surface area contributed by atoms with E-state index in [1.165, 1.54) is 5.39 Å². The maximum absolute atomic E-state index is 5.99. The summed E-state index contributed by atoms with van der Waals surface area (Å²) in [5.74, 6) is 1.66. The maximum atomic E-state index is 5.99. The maximum Gasteiger partial charge on any atom is 0.133 e. The number of nitrogens with one attached hydrogen (secondary N) is 1. The van der Waals surface area contributed by atoms with Crippen LogP contribution >= 0.6 is 27.5 Å². The Morgan fingerprint density at radius 2 is 2.11 bits per heavy atom. The van der Waals surface area contributed by atoms with Crippen molar-refractivity contribution in [3.63, 3.8) is 0 Å². The first-order valence-corrected chi connectivity index (χ1v) is 7.38. The van der Waals surface area contributed by atoms with Gasteiger partial charge in [0.2, 0.25) is 0 Å². The van der Waals surface area contributed by atoms with Crippen molar-refractivity contribution in [1.29, 1.82) is 0 Å². The molecule has 1 fully saturated rings. The molecule has 0 aliphatic heterocycles. The highest BCUT2D eigenvalue weighted by Gasteiger charge is 2.26. The predicted molar refractivity (Wildman–Crippen MR) is 80.3 cm³/mol. The van der Waals surface area contributed by atoms with Crippen LogP contribution in [0.3, 0.4) is 0 Å². The molecule has 0 atom stereocenters. The Bertz CT molecular complexity index is 567. The number of hydrogen-bond donors (Lipinski definition) is 1. The lowest BCUT2D eigenvalue weighted by atomic mass is 9.85. The van der Waals surface area contributed by atoms with Gasteiger partial charge in [-0.05, 0) is 30.9 Å². The van der Waals surface area contributed by atoms with E-state index in [1.54, 1.807) is 0 Å². The van der Waals surface area contributed by atoms with Crippen LogP contribution in [0.5, 0.6) is 0 Å². The monoisotopic (exact) mass is 324 g/mol. The molecular formula is C14H14BrClN2. The topological polar surface area (TPSA) is 24.9 Å². The summed E-state index contributed by atoms with van der Waals surface area (Å²) in [6, 6.07) is 8.22. The number of halogens is 2. The van der Waals surface area contributed by atoms with Crippen LogP contribution in [-0.4, -0.2) is 16.9 Å². The summed E-state index contributed by atoms with van der Waals surface area (Å²) in [4.78, 5) is 4.43. The summed E-state index contributed by atoms with van der Waals surface area (Å²) in [5, 5.41) is 6.18. The molecule has 0 unspecified atom stereocenters. The largest absolute Gasteiger partial charge is 0.369 e. The van der Waals surface area contributed by atoms with E-state index in [4.69, 9.17) is 11.6 Å². The molecule has 0 radical (unpaired) electrons. The molecule has 94 valence electrons. The van der Waals surface area contributed by atoms with Gasteiger partial charge < -0.3 is 5.32 Å². The van der Waals surface area contributed by atoms with Gasteiger partial charge in [-0.1, -0.05) is 28.1 Å². The Labute approximate surface area is 120 Å². The number of hydrogen-bond acceptors (Lipinski definition) is 2. The number of pyridine rings is 1. The van der Waals surface area contributed by atoms with Crippen LogP contribution < -0.4 is 5.32 Å². The lowest BCUT2D eigenvalue weighted by Gasteiger charge is -2.31. The van der Waals surface area contributed by atoms with Crippen molar-refractivity contribution in [3.05, 3.63) is 34.9 Å². The van der Waals surface area contributed by atoms with Gasteiger partial charge in [0.15, 0.2) is 0 Å². The first-order chi connectivity index (χ1) is 8.74. The summed E-state index contributed by atoms with van der Waals surface area (Å²) >= 11 is 9.56. The van der Waals surface area contributed by atoms with Crippen LogP contribution in [0.15, 0.2) is 34.9 Å². The van der Waals surface area contributed by atoms with Gasteiger partial charge in [-0.3, -0.25) is 0 Å². The van der Waals surface area contributed by atoms with E-state index >= 15 is 0 Å². The molecule has 0 amide bonds. The highest BCUT2D eigenvalue weighted by molar-refractivity contribution is 9.10. The smallest absolute Gasteiger partial charge is 0.133 e. The number of nitrogens with zero attached hydrogens (tertiary/aromatic N) is 1. The van der Waals surface area contributed by atoms with Crippen LogP contribution in [0.1, 0.15) is 12.8 Å². The Morgan fingerprint density at radius 3 is 2.89 bits per heavy atom. The molecule has 0 saturated heterocycles. The van der Waals surface area contributed by atoms with E-state index in [1.807, 2.05) is 18.3 Å². The first-order valence-electron chi connectivity index (χ1n) is 6.15. The third-order valence-electron chi connectivity index (χ3n) is 3.49. The van der Waals surface area contributed by atoms with E-state index in [-0.39, 0.29) is 0 Å². The summed E-state index contributed by atoms with van der Waals surface area (Å²) in [6.07, 6.45) is 4.08. The van der Waals surface area contributed by atoms with Crippen LogP contribution in [0.25, 0.3) is 10.8 Å². The average Bonchev–Trinajstić information content (AvgIpc) is 2.34. The number of fused-ring (bicyclic) bond motifs is 1. The zero-order valence-corrected chi connectivity index (χ0v) is 12.2. The summed E-state index contributed by atoms with van der Waals surface area (Å²) < 4.78 is 1.11. The van der Waals surface area contributed by atoms with Gasteiger partial charge in [0.05, 0.1) is 0 Å². The highest BCUT2D eigenvalue weighted by Crippen LogP contribution is 2.33. The molecule has 1 saturated carbocycles. The minimum Gasteiger partial charge on any atom is -0.369 e. The van der Waals surface area contributed by atoms with Crippen LogP contribution in [-0.2, 0) is 0 Å². The quantitative estimate of drug-likeness (QED) is 0.845. The van der Waals surface area contributed by atoms with Gasteiger partial charge in [-0.15, -0.1) is 11.6 Å². The van der Waals surface area contributed by atoms with Crippen molar-refractivity contribution in [2.75, 3.05) is 11.9 Å². The van der Waals surface area contributed by atoms with Crippen LogP contribution in [0.2, 0.25) is 0 Å². The van der Waals surface area contributed by atoms with Gasteiger partial charge >= 0.3 is 0 Å². The summed E-state index contributed by atoms with van der Waals surface area (Å²) in [7, 11) is 0. The van der Waals surface area contributed by atoms with E-state index in [9.17, 15) is 0 Å². The molecule has 1 heterocycles. The molecule has 1 aromatic carbocycles. The number of alkyl halides is 1. The second kappa shape index (κ2) is 5.06. The second-order valence-electron chi connectivity index (χ2n) is 4.81. The molecule has 1 N–H and O–H groups in total. The SMILES string of the molecule is ClC1CC(CNc2nccc3c(Br)cccc23)C1. The zero-order chi connectivity index (χ0) is 12.5. The van der Waals surface area contributed by atoms with Gasteiger partial charge in [0, 0.05) is 33.4 Å². The number of rotatable bonds is 3. The number of aromatic nitrogens is 1. The van der Waals surface area contributed by atoms with Crippen molar-refractivity contribution >= 4 is 44.1 Å². The molecule has 4 heteroatoms. The third kappa shape index (κ3) is 2.34. The molecule has 1 aliphatic rings. The first kappa shape index (κ1) is 12.2. The Kier molecular flexibility index (Phi) is 3.44. The lowest BCUT2D eigenvalue weighted by molar-refractivity contribution is 0.341. The standard InChI is InChI=1S/C14H14BrClN2/c15-13-3-1-2-12-11(13)4-5-17-14(12)18-8-9-6-10(16)7-9/h1-5,9-10H,6-8H2,(H,17,18). The van der Waals surface area contributed by atoms with E-state index in [0.29, 0.717) is 11.3 Å². The predicted octanol–water partition coefficient (Wildman–Crippen LogP) is 4.43. The second-order valence-corrected chi connectivity index (χ2v) is 6.28. The Morgan fingerprint density at radius 1 is 1.28 bits per heavy atom. The Balaban J connectivity index is 1.81. The molecule has 1 aliphatic carbocycles. The van der Waals surface area contributed by atoms with Crippen molar-refractivity contribution in [3.8, 4) is 0 Å². The van der Waals surface area contributed by atoms with Crippen molar-refractivity contribution in [2.45, 2.75) is 18.2 Å². The van der Waals surface area contributed by atoms with Crippen LogP contribution in [0, 0.1) is 5.92 Å². The highest BCUT2D eigenvalue weighted by atomic mass is 79.9. The molecule has 18 heavy (non-hydrogen) atoms. The lowest BCUT2D eigenvalue weighted by Crippen LogP contribution is -2.30. The zero-order valence-electron chi connectivity index (χ0n) is 9.87.